The molecule has 21 heavy (non-hydrogen) atoms. The van der Waals surface area contributed by atoms with Crippen molar-refractivity contribution in [3.63, 3.8) is 0 Å². The third-order valence-electron chi connectivity index (χ3n) is 2.99. The van der Waals surface area contributed by atoms with Crippen LogP contribution >= 0.6 is 11.6 Å². The van der Waals surface area contributed by atoms with Crippen molar-refractivity contribution in [3.05, 3.63) is 59.3 Å². The molecule has 0 fully saturated rings. The van der Waals surface area contributed by atoms with Crippen LogP contribution in [0.15, 0.2) is 42.7 Å². The zero-order valence-corrected chi connectivity index (χ0v) is 11.5. The number of aliphatic hydroxyl groups is 1. The smallest absolute Gasteiger partial charge is 0.141 e. The number of rotatable bonds is 3. The average molecular weight is 305 g/mol. The number of nitrogens with zero attached hydrogens (tertiary/aromatic N) is 4. The zero-order valence-electron chi connectivity index (χ0n) is 10.7. The molecule has 0 aliphatic carbocycles. The maximum Gasteiger partial charge on any atom is 0.141 e. The van der Waals surface area contributed by atoms with Crippen LogP contribution in [0.3, 0.4) is 0 Å². The largest absolute Gasteiger partial charge is 0.390 e. The van der Waals surface area contributed by atoms with Crippen molar-refractivity contribution in [1.82, 2.24) is 20.0 Å². The molecule has 0 atom stereocenters. The lowest BCUT2D eigenvalue weighted by molar-refractivity contribution is 0.277. The lowest BCUT2D eigenvalue weighted by Gasteiger charge is -2.08. The van der Waals surface area contributed by atoms with Gasteiger partial charge in [0, 0.05) is 18.0 Å². The van der Waals surface area contributed by atoms with E-state index in [1.165, 1.54) is 16.8 Å². The van der Waals surface area contributed by atoms with Crippen molar-refractivity contribution in [2.75, 3.05) is 0 Å². The quantitative estimate of drug-likeness (QED) is 0.808. The summed E-state index contributed by atoms with van der Waals surface area (Å²) >= 11 is 5.81. The Labute approximate surface area is 124 Å². The second-order valence-electron chi connectivity index (χ2n) is 4.29. The maximum absolute atomic E-state index is 13.3. The molecule has 1 aromatic carbocycles. The van der Waals surface area contributed by atoms with Crippen LogP contribution in [0.1, 0.15) is 5.69 Å². The first-order chi connectivity index (χ1) is 10.2. The van der Waals surface area contributed by atoms with Gasteiger partial charge in [0.05, 0.1) is 17.3 Å². The molecule has 0 bridgehead atoms. The highest BCUT2D eigenvalue weighted by molar-refractivity contribution is 6.30. The number of benzene rings is 1. The van der Waals surface area contributed by atoms with Crippen molar-refractivity contribution in [3.8, 4) is 16.9 Å². The molecule has 1 N–H and O–H groups in total. The van der Waals surface area contributed by atoms with Crippen molar-refractivity contribution in [2.24, 2.45) is 0 Å². The van der Waals surface area contributed by atoms with Gasteiger partial charge in [-0.2, -0.15) is 0 Å². The molecule has 5 nitrogen and oxygen atoms in total. The Hall–Kier alpha value is -2.31. The van der Waals surface area contributed by atoms with E-state index in [2.05, 4.69) is 15.3 Å². The van der Waals surface area contributed by atoms with E-state index < -0.39 is 5.82 Å². The molecule has 0 aliphatic rings. The summed E-state index contributed by atoms with van der Waals surface area (Å²) in [4.78, 5) is 3.96. The molecule has 0 radical (unpaired) electrons. The van der Waals surface area contributed by atoms with Gasteiger partial charge < -0.3 is 5.11 Å². The Morgan fingerprint density at radius 3 is 2.62 bits per heavy atom. The molecular formula is C14H10ClFN4O. The highest BCUT2D eigenvalue weighted by atomic mass is 35.5. The van der Waals surface area contributed by atoms with E-state index in [4.69, 9.17) is 11.6 Å². The highest BCUT2D eigenvalue weighted by Gasteiger charge is 2.16. The van der Waals surface area contributed by atoms with Gasteiger partial charge in [0.2, 0.25) is 0 Å². The number of hydrogen-bond acceptors (Lipinski definition) is 4. The zero-order chi connectivity index (χ0) is 14.8. The van der Waals surface area contributed by atoms with E-state index in [0.29, 0.717) is 17.1 Å². The van der Waals surface area contributed by atoms with Crippen molar-refractivity contribution < 1.29 is 9.50 Å². The van der Waals surface area contributed by atoms with Gasteiger partial charge in [0.25, 0.3) is 0 Å². The number of aliphatic hydroxyl groups excluding tert-OH is 1. The van der Waals surface area contributed by atoms with Crippen LogP contribution < -0.4 is 0 Å². The van der Waals surface area contributed by atoms with Crippen LogP contribution in [-0.2, 0) is 6.61 Å². The number of halogens is 2. The van der Waals surface area contributed by atoms with E-state index in [9.17, 15) is 9.50 Å². The molecule has 3 rings (SSSR count). The predicted molar refractivity (Wildman–Crippen MR) is 75.5 cm³/mol. The monoisotopic (exact) mass is 304 g/mol. The number of pyridine rings is 1. The summed E-state index contributed by atoms with van der Waals surface area (Å²) in [5.74, 6) is -0.506. The Balaban J connectivity index is 2.20. The highest BCUT2D eigenvalue weighted by Crippen LogP contribution is 2.26. The Kier molecular flexibility index (Phi) is 3.64. The summed E-state index contributed by atoms with van der Waals surface area (Å²) in [6.45, 7) is -0.257. The normalized spacial score (nSPS) is 10.8. The minimum Gasteiger partial charge on any atom is -0.390 e. The molecule has 2 heterocycles. The molecule has 0 spiro atoms. The molecule has 0 saturated heterocycles. The fraction of sp³-hybridized carbons (Fsp3) is 0.0714. The lowest BCUT2D eigenvalue weighted by atomic mass is 10.1. The van der Waals surface area contributed by atoms with E-state index in [-0.39, 0.29) is 11.6 Å². The standard InChI is InChI=1S/C14H10ClFN4O/c15-11-7-10(1-2-12(11)16)20-14(13(8-21)18-19-20)9-3-5-17-6-4-9/h1-7,21H,8H2. The SMILES string of the molecule is OCc1nnn(-c2ccc(F)c(Cl)c2)c1-c1ccncc1. The number of hydrogen-bond donors (Lipinski definition) is 1. The molecule has 0 amide bonds. The Bertz CT molecular complexity index is 776. The maximum atomic E-state index is 13.3. The molecular weight excluding hydrogens is 295 g/mol. The van der Waals surface area contributed by atoms with Crippen LogP contribution in [0, 0.1) is 5.82 Å². The van der Waals surface area contributed by atoms with Crippen molar-refractivity contribution in [2.45, 2.75) is 6.61 Å². The first-order valence-electron chi connectivity index (χ1n) is 6.12. The third-order valence-corrected chi connectivity index (χ3v) is 3.28. The summed E-state index contributed by atoms with van der Waals surface area (Å²) < 4.78 is 14.8. The second kappa shape index (κ2) is 5.59. The summed E-state index contributed by atoms with van der Waals surface area (Å²) in [6, 6.07) is 7.81. The molecule has 106 valence electrons. The average Bonchev–Trinajstić information content (AvgIpc) is 2.95. The van der Waals surface area contributed by atoms with Gasteiger partial charge in [-0.05, 0) is 30.3 Å². The van der Waals surface area contributed by atoms with Crippen molar-refractivity contribution >= 4 is 11.6 Å². The fourth-order valence-electron chi connectivity index (χ4n) is 2.02. The molecule has 2 aromatic heterocycles. The fourth-order valence-corrected chi connectivity index (χ4v) is 2.19. The minimum atomic E-state index is -0.506. The van der Waals surface area contributed by atoms with Crippen LogP contribution in [0.4, 0.5) is 4.39 Å². The summed E-state index contributed by atoms with van der Waals surface area (Å²) in [5.41, 5.74) is 2.38. The van der Waals surface area contributed by atoms with Crippen LogP contribution in [0.25, 0.3) is 16.9 Å². The van der Waals surface area contributed by atoms with Gasteiger partial charge in [-0.25, -0.2) is 9.07 Å². The van der Waals surface area contributed by atoms with Gasteiger partial charge in [-0.15, -0.1) is 5.10 Å². The molecule has 7 heteroatoms. The van der Waals surface area contributed by atoms with Gasteiger partial charge in [-0.1, -0.05) is 16.8 Å². The van der Waals surface area contributed by atoms with Gasteiger partial charge in [-0.3, -0.25) is 4.98 Å². The lowest BCUT2D eigenvalue weighted by Crippen LogP contribution is -2.01. The topological polar surface area (TPSA) is 63.8 Å². The number of aromatic nitrogens is 4. The molecule has 0 aliphatic heterocycles. The Morgan fingerprint density at radius 1 is 1.19 bits per heavy atom. The van der Waals surface area contributed by atoms with Crippen molar-refractivity contribution in [1.29, 1.82) is 0 Å². The van der Waals surface area contributed by atoms with E-state index in [1.807, 2.05) is 0 Å². The van der Waals surface area contributed by atoms with Gasteiger partial charge >= 0.3 is 0 Å². The summed E-state index contributed by atoms with van der Waals surface area (Å²) in [5, 5.41) is 17.4. The third kappa shape index (κ3) is 2.51. The first-order valence-corrected chi connectivity index (χ1v) is 6.49. The second-order valence-corrected chi connectivity index (χ2v) is 4.70. The summed E-state index contributed by atoms with van der Waals surface area (Å²) in [7, 11) is 0. The first kappa shape index (κ1) is 13.7. The van der Waals surface area contributed by atoms with Gasteiger partial charge in [0.15, 0.2) is 0 Å². The van der Waals surface area contributed by atoms with E-state index in [0.717, 1.165) is 5.56 Å². The van der Waals surface area contributed by atoms with Gasteiger partial charge in [0.1, 0.15) is 17.2 Å². The Morgan fingerprint density at radius 2 is 1.95 bits per heavy atom. The molecule has 3 aromatic rings. The molecule has 0 saturated carbocycles. The minimum absolute atomic E-state index is 0.00535. The predicted octanol–water partition coefficient (Wildman–Crippen LogP) is 2.61. The van der Waals surface area contributed by atoms with Crippen LogP contribution in [0.5, 0.6) is 0 Å². The summed E-state index contributed by atoms with van der Waals surface area (Å²) in [6.07, 6.45) is 3.26. The van der Waals surface area contributed by atoms with Crippen LogP contribution in [0.2, 0.25) is 5.02 Å². The molecule has 0 unspecified atom stereocenters. The van der Waals surface area contributed by atoms with E-state index in [1.54, 1.807) is 30.6 Å². The van der Waals surface area contributed by atoms with E-state index >= 15 is 0 Å². The van der Waals surface area contributed by atoms with Crippen LogP contribution in [-0.4, -0.2) is 25.1 Å².